The lowest BCUT2D eigenvalue weighted by Crippen LogP contribution is -2.33. The van der Waals surface area contributed by atoms with Crippen molar-refractivity contribution in [3.8, 4) is 0 Å². The SMILES string of the molecule is O=C(Cn1ccc(C(F)(F)F)n1)NC(c1ccccc1)c1ccc(Br)cc1F. The van der Waals surface area contributed by atoms with Gasteiger partial charge in [0.25, 0.3) is 0 Å². The summed E-state index contributed by atoms with van der Waals surface area (Å²) in [7, 11) is 0. The summed E-state index contributed by atoms with van der Waals surface area (Å²) in [5.74, 6) is -1.13. The molecule has 1 heterocycles. The summed E-state index contributed by atoms with van der Waals surface area (Å²) in [5.41, 5.74) is -0.216. The Hall–Kier alpha value is -2.68. The van der Waals surface area contributed by atoms with E-state index in [1.807, 2.05) is 0 Å². The lowest BCUT2D eigenvalue weighted by Gasteiger charge is -2.20. The fourth-order valence-corrected chi connectivity index (χ4v) is 3.01. The van der Waals surface area contributed by atoms with Crippen LogP contribution in [0, 0.1) is 5.82 Å². The smallest absolute Gasteiger partial charge is 0.343 e. The molecule has 9 heteroatoms. The second-order valence-electron chi connectivity index (χ2n) is 5.97. The first-order valence-corrected chi connectivity index (χ1v) is 8.93. The third-order valence-electron chi connectivity index (χ3n) is 3.95. The largest absolute Gasteiger partial charge is 0.435 e. The maximum Gasteiger partial charge on any atom is 0.435 e. The average molecular weight is 456 g/mol. The van der Waals surface area contributed by atoms with Gasteiger partial charge in [-0.3, -0.25) is 9.48 Å². The van der Waals surface area contributed by atoms with Crippen LogP contribution < -0.4 is 5.32 Å². The van der Waals surface area contributed by atoms with E-state index in [0.717, 1.165) is 16.9 Å². The summed E-state index contributed by atoms with van der Waals surface area (Å²) in [6.07, 6.45) is -3.52. The van der Waals surface area contributed by atoms with Crippen LogP contribution >= 0.6 is 15.9 Å². The van der Waals surface area contributed by atoms with Crippen molar-refractivity contribution in [2.75, 3.05) is 0 Å². The molecular formula is C19H14BrF4N3O. The number of nitrogens with one attached hydrogen (secondary N) is 1. The number of carbonyl (C=O) groups is 1. The molecule has 0 radical (unpaired) electrons. The van der Waals surface area contributed by atoms with Crippen LogP contribution in [0.3, 0.4) is 0 Å². The van der Waals surface area contributed by atoms with E-state index in [4.69, 9.17) is 0 Å². The predicted molar refractivity (Wildman–Crippen MR) is 97.8 cm³/mol. The number of amides is 1. The Bertz CT molecular complexity index is 973. The molecule has 28 heavy (non-hydrogen) atoms. The third kappa shape index (κ3) is 4.78. The minimum absolute atomic E-state index is 0.235. The molecule has 0 aliphatic rings. The molecule has 0 fully saturated rings. The van der Waals surface area contributed by atoms with E-state index in [9.17, 15) is 22.4 Å². The number of benzene rings is 2. The lowest BCUT2D eigenvalue weighted by molar-refractivity contribution is -0.141. The highest BCUT2D eigenvalue weighted by molar-refractivity contribution is 9.10. The van der Waals surface area contributed by atoms with Crippen LogP contribution in [0.4, 0.5) is 17.6 Å². The summed E-state index contributed by atoms with van der Waals surface area (Å²) >= 11 is 3.18. The minimum atomic E-state index is -4.59. The van der Waals surface area contributed by atoms with Crippen molar-refractivity contribution in [1.29, 1.82) is 0 Å². The number of rotatable bonds is 5. The van der Waals surface area contributed by atoms with Crippen LogP contribution in [0.25, 0.3) is 0 Å². The van der Waals surface area contributed by atoms with Crippen molar-refractivity contribution in [3.63, 3.8) is 0 Å². The summed E-state index contributed by atoms with van der Waals surface area (Å²) in [5, 5.41) is 6.02. The zero-order valence-corrected chi connectivity index (χ0v) is 15.8. The normalized spacial score (nSPS) is 12.6. The van der Waals surface area contributed by atoms with E-state index in [2.05, 4.69) is 26.3 Å². The van der Waals surface area contributed by atoms with E-state index in [1.165, 1.54) is 12.1 Å². The molecule has 4 nitrogen and oxygen atoms in total. The van der Waals surface area contributed by atoms with Gasteiger partial charge in [-0.25, -0.2) is 4.39 Å². The van der Waals surface area contributed by atoms with Crippen molar-refractivity contribution < 1.29 is 22.4 Å². The molecule has 2 aromatic carbocycles. The van der Waals surface area contributed by atoms with Gasteiger partial charge in [0, 0.05) is 16.2 Å². The van der Waals surface area contributed by atoms with Gasteiger partial charge in [0.2, 0.25) is 5.91 Å². The predicted octanol–water partition coefficient (Wildman–Crippen LogP) is 4.71. The summed E-state index contributed by atoms with van der Waals surface area (Å²) in [6, 6.07) is 13.2. The number of hydrogen-bond acceptors (Lipinski definition) is 2. The summed E-state index contributed by atoms with van der Waals surface area (Å²) in [4.78, 5) is 12.4. The Kier molecular flexibility index (Phi) is 5.83. The van der Waals surface area contributed by atoms with Crippen LogP contribution in [0.2, 0.25) is 0 Å². The number of carbonyl (C=O) groups excluding carboxylic acids is 1. The van der Waals surface area contributed by atoms with Crippen LogP contribution in [0.1, 0.15) is 22.9 Å². The molecule has 0 aliphatic carbocycles. The van der Waals surface area contributed by atoms with Gasteiger partial charge in [0.05, 0.1) is 6.04 Å². The second kappa shape index (κ2) is 8.14. The molecule has 0 saturated carbocycles. The van der Waals surface area contributed by atoms with E-state index in [0.29, 0.717) is 10.0 Å². The van der Waals surface area contributed by atoms with Crippen molar-refractivity contribution in [3.05, 3.63) is 87.9 Å². The maximum atomic E-state index is 14.5. The number of nitrogens with zero attached hydrogens (tertiary/aromatic N) is 2. The van der Waals surface area contributed by atoms with Gasteiger partial charge in [-0.1, -0.05) is 52.3 Å². The first kappa shape index (κ1) is 20.1. The van der Waals surface area contributed by atoms with E-state index >= 15 is 0 Å². The average Bonchev–Trinajstić information content (AvgIpc) is 3.10. The van der Waals surface area contributed by atoms with Crippen molar-refractivity contribution in [2.24, 2.45) is 0 Å². The topological polar surface area (TPSA) is 46.9 Å². The van der Waals surface area contributed by atoms with E-state index < -0.39 is 36.2 Å². The highest BCUT2D eigenvalue weighted by Gasteiger charge is 2.33. The first-order valence-electron chi connectivity index (χ1n) is 8.14. The van der Waals surface area contributed by atoms with Crippen LogP contribution in [-0.2, 0) is 17.5 Å². The molecule has 1 amide bonds. The molecular weight excluding hydrogens is 442 g/mol. The second-order valence-corrected chi connectivity index (χ2v) is 6.89. The lowest BCUT2D eigenvalue weighted by atomic mass is 9.98. The molecule has 1 aromatic heterocycles. The Morgan fingerprint density at radius 2 is 1.86 bits per heavy atom. The molecule has 3 rings (SSSR count). The molecule has 146 valence electrons. The Morgan fingerprint density at radius 3 is 2.46 bits per heavy atom. The molecule has 0 spiro atoms. The highest BCUT2D eigenvalue weighted by Crippen LogP contribution is 2.28. The van der Waals surface area contributed by atoms with Gasteiger partial charge in [0.15, 0.2) is 5.69 Å². The Morgan fingerprint density at radius 1 is 1.14 bits per heavy atom. The van der Waals surface area contributed by atoms with Crippen LogP contribution in [0.5, 0.6) is 0 Å². The molecule has 0 aliphatic heterocycles. The zero-order chi connectivity index (χ0) is 20.3. The number of aromatic nitrogens is 2. The van der Waals surface area contributed by atoms with Gasteiger partial charge in [-0.15, -0.1) is 0 Å². The Balaban J connectivity index is 1.83. The number of halogens is 5. The van der Waals surface area contributed by atoms with E-state index in [-0.39, 0.29) is 5.56 Å². The summed E-state index contributed by atoms with van der Waals surface area (Å²) in [6.45, 7) is -0.433. The highest BCUT2D eigenvalue weighted by atomic mass is 79.9. The molecule has 0 saturated heterocycles. The fraction of sp³-hybridized carbons (Fsp3) is 0.158. The van der Waals surface area contributed by atoms with Gasteiger partial charge < -0.3 is 5.32 Å². The summed E-state index contributed by atoms with van der Waals surface area (Å²) < 4.78 is 53.8. The Labute approximate surface area is 166 Å². The standard InChI is InChI=1S/C19H14BrF4N3O/c20-13-6-7-14(15(21)10-13)18(12-4-2-1-3-5-12)25-17(28)11-27-9-8-16(26-27)19(22,23)24/h1-10,18H,11H2,(H,25,28). The van der Waals surface area contributed by atoms with Gasteiger partial charge in [0.1, 0.15) is 12.4 Å². The molecule has 3 aromatic rings. The third-order valence-corrected chi connectivity index (χ3v) is 4.44. The van der Waals surface area contributed by atoms with Crippen LogP contribution in [-0.4, -0.2) is 15.7 Å². The van der Waals surface area contributed by atoms with Crippen molar-refractivity contribution in [1.82, 2.24) is 15.1 Å². The van der Waals surface area contributed by atoms with Crippen LogP contribution in [0.15, 0.2) is 65.3 Å². The fourth-order valence-electron chi connectivity index (χ4n) is 2.68. The maximum absolute atomic E-state index is 14.5. The molecule has 1 atom stereocenters. The van der Waals surface area contributed by atoms with Gasteiger partial charge in [-0.05, 0) is 23.8 Å². The monoisotopic (exact) mass is 455 g/mol. The van der Waals surface area contributed by atoms with Crippen molar-refractivity contribution in [2.45, 2.75) is 18.8 Å². The van der Waals surface area contributed by atoms with Gasteiger partial charge >= 0.3 is 6.18 Å². The first-order chi connectivity index (χ1) is 13.2. The quantitative estimate of drug-likeness (QED) is 0.566. The number of alkyl halides is 3. The van der Waals surface area contributed by atoms with Gasteiger partial charge in [-0.2, -0.15) is 18.3 Å². The molecule has 0 bridgehead atoms. The van der Waals surface area contributed by atoms with Crippen molar-refractivity contribution >= 4 is 21.8 Å². The van der Waals surface area contributed by atoms with E-state index in [1.54, 1.807) is 36.4 Å². The zero-order valence-electron chi connectivity index (χ0n) is 14.3. The molecule has 1 unspecified atom stereocenters. The number of hydrogen-bond donors (Lipinski definition) is 1. The molecule has 1 N–H and O–H groups in total. The minimum Gasteiger partial charge on any atom is -0.343 e.